The predicted octanol–water partition coefficient (Wildman–Crippen LogP) is 1.98. The first-order chi connectivity index (χ1) is 8.61. The van der Waals surface area contributed by atoms with Gasteiger partial charge in [-0.1, -0.05) is 12.1 Å². The number of nitrogens with zero attached hydrogens (tertiary/aromatic N) is 1. The SMILES string of the molecule is COC(=O)c1ccccc1NC1CC(C)N(C)C1. The first-order valence-corrected chi connectivity index (χ1v) is 6.26. The maximum atomic E-state index is 11.7. The van der Waals surface area contributed by atoms with E-state index in [1.165, 1.54) is 7.11 Å². The Bertz CT molecular complexity index is 424. The fraction of sp³-hybridized carbons (Fsp3) is 0.500. The van der Waals surface area contributed by atoms with E-state index in [-0.39, 0.29) is 5.97 Å². The molecule has 2 atom stereocenters. The van der Waals surface area contributed by atoms with E-state index < -0.39 is 0 Å². The van der Waals surface area contributed by atoms with Crippen molar-refractivity contribution in [3.8, 4) is 0 Å². The minimum Gasteiger partial charge on any atom is -0.465 e. The summed E-state index contributed by atoms with van der Waals surface area (Å²) < 4.78 is 4.79. The number of likely N-dealkylation sites (tertiary alicyclic amines) is 1. The Morgan fingerprint density at radius 1 is 1.44 bits per heavy atom. The molecule has 0 amide bonds. The third-order valence-corrected chi connectivity index (χ3v) is 3.58. The normalized spacial score (nSPS) is 23.9. The van der Waals surface area contributed by atoms with Crippen molar-refractivity contribution < 1.29 is 9.53 Å². The van der Waals surface area contributed by atoms with Crippen LogP contribution in [0.3, 0.4) is 0 Å². The molecule has 2 rings (SSSR count). The number of carbonyl (C=O) groups excluding carboxylic acids is 1. The molecule has 1 aliphatic heterocycles. The molecule has 1 saturated heterocycles. The number of rotatable bonds is 3. The van der Waals surface area contributed by atoms with Crippen LogP contribution < -0.4 is 5.32 Å². The second kappa shape index (κ2) is 5.40. The molecule has 4 nitrogen and oxygen atoms in total. The van der Waals surface area contributed by atoms with Gasteiger partial charge in [-0.3, -0.25) is 0 Å². The van der Waals surface area contributed by atoms with Gasteiger partial charge < -0.3 is 15.0 Å². The molecule has 0 aromatic heterocycles. The highest BCUT2D eigenvalue weighted by Crippen LogP contribution is 2.22. The summed E-state index contributed by atoms with van der Waals surface area (Å²) in [4.78, 5) is 14.0. The fourth-order valence-corrected chi connectivity index (χ4v) is 2.42. The molecule has 0 saturated carbocycles. The number of likely N-dealkylation sites (N-methyl/N-ethyl adjacent to an activating group) is 1. The van der Waals surface area contributed by atoms with Gasteiger partial charge in [0.05, 0.1) is 12.7 Å². The summed E-state index contributed by atoms with van der Waals surface area (Å²) in [7, 11) is 3.53. The van der Waals surface area contributed by atoms with Gasteiger partial charge in [-0.25, -0.2) is 4.79 Å². The van der Waals surface area contributed by atoms with E-state index in [0.29, 0.717) is 17.6 Å². The average Bonchev–Trinajstić information content (AvgIpc) is 2.68. The van der Waals surface area contributed by atoms with Gasteiger partial charge in [-0.05, 0) is 32.5 Å². The van der Waals surface area contributed by atoms with Crippen LogP contribution in [0.2, 0.25) is 0 Å². The Balaban J connectivity index is 2.12. The van der Waals surface area contributed by atoms with Crippen LogP contribution in [0, 0.1) is 0 Å². The second-order valence-corrected chi connectivity index (χ2v) is 4.90. The van der Waals surface area contributed by atoms with E-state index in [4.69, 9.17) is 4.74 Å². The number of methoxy groups -OCH3 is 1. The Labute approximate surface area is 108 Å². The Hall–Kier alpha value is -1.55. The molecule has 0 spiro atoms. The van der Waals surface area contributed by atoms with Crippen LogP contribution in [0.1, 0.15) is 23.7 Å². The van der Waals surface area contributed by atoms with E-state index in [0.717, 1.165) is 18.7 Å². The zero-order chi connectivity index (χ0) is 13.1. The molecular weight excluding hydrogens is 228 g/mol. The molecule has 1 aliphatic rings. The van der Waals surface area contributed by atoms with Crippen molar-refractivity contribution in [2.24, 2.45) is 0 Å². The minimum absolute atomic E-state index is 0.294. The molecule has 1 N–H and O–H groups in total. The molecule has 0 bridgehead atoms. The lowest BCUT2D eigenvalue weighted by molar-refractivity contribution is 0.0602. The topological polar surface area (TPSA) is 41.6 Å². The monoisotopic (exact) mass is 248 g/mol. The maximum absolute atomic E-state index is 11.7. The van der Waals surface area contributed by atoms with Gasteiger partial charge in [-0.15, -0.1) is 0 Å². The van der Waals surface area contributed by atoms with E-state index in [1.807, 2.05) is 18.2 Å². The summed E-state index contributed by atoms with van der Waals surface area (Å²) in [5.41, 5.74) is 1.46. The average molecular weight is 248 g/mol. The van der Waals surface area contributed by atoms with Gasteiger partial charge in [0, 0.05) is 24.3 Å². The van der Waals surface area contributed by atoms with Crippen molar-refractivity contribution in [3.05, 3.63) is 29.8 Å². The first-order valence-electron chi connectivity index (χ1n) is 6.26. The standard InChI is InChI=1S/C14H20N2O2/c1-10-8-11(9-16(10)2)15-13-7-5-4-6-12(13)14(17)18-3/h4-7,10-11,15H,8-9H2,1-3H3. The number of benzene rings is 1. The van der Waals surface area contributed by atoms with E-state index in [9.17, 15) is 4.79 Å². The number of hydrogen-bond acceptors (Lipinski definition) is 4. The number of ether oxygens (including phenoxy) is 1. The van der Waals surface area contributed by atoms with Crippen LogP contribution in [0.15, 0.2) is 24.3 Å². The predicted molar refractivity (Wildman–Crippen MR) is 71.9 cm³/mol. The van der Waals surface area contributed by atoms with Crippen molar-refractivity contribution in [1.82, 2.24) is 4.90 Å². The first kappa shape index (κ1) is 12.9. The van der Waals surface area contributed by atoms with Gasteiger partial charge in [0.1, 0.15) is 0 Å². The van der Waals surface area contributed by atoms with Crippen LogP contribution in [-0.4, -0.2) is 43.7 Å². The van der Waals surface area contributed by atoms with Gasteiger partial charge >= 0.3 is 5.97 Å². The molecule has 1 aromatic rings. The zero-order valence-corrected chi connectivity index (χ0v) is 11.1. The summed E-state index contributed by atoms with van der Waals surface area (Å²) in [6.07, 6.45) is 1.09. The molecule has 1 fully saturated rings. The van der Waals surface area contributed by atoms with Gasteiger partial charge in [0.25, 0.3) is 0 Å². The summed E-state index contributed by atoms with van der Waals surface area (Å²) in [5.74, 6) is -0.294. The van der Waals surface area contributed by atoms with Crippen LogP contribution in [0.4, 0.5) is 5.69 Å². The van der Waals surface area contributed by atoms with E-state index in [2.05, 4.69) is 24.2 Å². The molecule has 0 aliphatic carbocycles. The van der Waals surface area contributed by atoms with Crippen LogP contribution in [-0.2, 0) is 4.74 Å². The van der Waals surface area contributed by atoms with Crippen LogP contribution >= 0.6 is 0 Å². The Morgan fingerprint density at radius 3 is 2.78 bits per heavy atom. The summed E-state index contributed by atoms with van der Waals surface area (Å²) in [5, 5.41) is 3.44. The highest BCUT2D eigenvalue weighted by Gasteiger charge is 2.26. The lowest BCUT2D eigenvalue weighted by Crippen LogP contribution is -2.25. The van der Waals surface area contributed by atoms with Crippen LogP contribution in [0.5, 0.6) is 0 Å². The van der Waals surface area contributed by atoms with Gasteiger partial charge in [-0.2, -0.15) is 0 Å². The number of carbonyl (C=O) groups is 1. The lowest BCUT2D eigenvalue weighted by Gasteiger charge is -2.16. The number of esters is 1. The summed E-state index contributed by atoms with van der Waals surface area (Å²) in [6, 6.07) is 8.45. The van der Waals surface area contributed by atoms with Crippen molar-refractivity contribution in [2.45, 2.75) is 25.4 Å². The Kier molecular flexibility index (Phi) is 3.87. The highest BCUT2D eigenvalue weighted by molar-refractivity contribution is 5.95. The van der Waals surface area contributed by atoms with E-state index >= 15 is 0 Å². The minimum atomic E-state index is -0.294. The van der Waals surface area contributed by atoms with E-state index in [1.54, 1.807) is 6.07 Å². The quantitative estimate of drug-likeness (QED) is 0.830. The molecule has 98 valence electrons. The number of nitrogens with one attached hydrogen (secondary N) is 1. The second-order valence-electron chi connectivity index (χ2n) is 4.90. The third-order valence-electron chi connectivity index (χ3n) is 3.58. The van der Waals surface area contributed by atoms with Crippen molar-refractivity contribution >= 4 is 11.7 Å². The van der Waals surface area contributed by atoms with Crippen LogP contribution in [0.25, 0.3) is 0 Å². The fourth-order valence-electron chi connectivity index (χ4n) is 2.42. The third kappa shape index (κ3) is 2.64. The highest BCUT2D eigenvalue weighted by atomic mass is 16.5. The molecule has 1 aromatic carbocycles. The number of para-hydroxylation sites is 1. The van der Waals surface area contributed by atoms with Crippen molar-refractivity contribution in [3.63, 3.8) is 0 Å². The molecular formula is C14H20N2O2. The molecule has 1 heterocycles. The smallest absolute Gasteiger partial charge is 0.339 e. The number of anilines is 1. The van der Waals surface area contributed by atoms with Crippen molar-refractivity contribution in [1.29, 1.82) is 0 Å². The number of hydrogen-bond donors (Lipinski definition) is 1. The molecule has 4 heteroatoms. The maximum Gasteiger partial charge on any atom is 0.339 e. The molecule has 18 heavy (non-hydrogen) atoms. The Morgan fingerprint density at radius 2 is 2.17 bits per heavy atom. The van der Waals surface area contributed by atoms with Crippen molar-refractivity contribution in [2.75, 3.05) is 26.0 Å². The summed E-state index contributed by atoms with van der Waals surface area (Å²) >= 11 is 0. The largest absolute Gasteiger partial charge is 0.465 e. The molecule has 0 radical (unpaired) electrons. The molecule has 2 unspecified atom stereocenters. The summed E-state index contributed by atoms with van der Waals surface area (Å²) in [6.45, 7) is 3.21. The van der Waals surface area contributed by atoms with Gasteiger partial charge in [0.2, 0.25) is 0 Å². The lowest BCUT2D eigenvalue weighted by atomic mass is 10.1. The zero-order valence-electron chi connectivity index (χ0n) is 11.1. The van der Waals surface area contributed by atoms with Gasteiger partial charge in [0.15, 0.2) is 0 Å².